The fraction of sp³-hybridized carbons (Fsp3) is 0.722. The first-order chi connectivity index (χ1) is 22.3. The van der Waals surface area contributed by atoms with Crippen molar-refractivity contribution in [3.05, 3.63) is 48.6 Å². The normalized spacial score (nSPS) is 14.1. The van der Waals surface area contributed by atoms with E-state index in [9.17, 15) is 24.2 Å². The van der Waals surface area contributed by atoms with Crippen LogP contribution in [-0.2, 0) is 27.9 Å². The minimum Gasteiger partial charge on any atom is -0.463 e. The van der Waals surface area contributed by atoms with E-state index in [2.05, 4.69) is 67.8 Å². The van der Waals surface area contributed by atoms with Crippen molar-refractivity contribution in [2.45, 2.75) is 142 Å². The molecule has 0 rings (SSSR count). The third-order valence-corrected chi connectivity index (χ3v) is 7.98. The molecular weight excluding hydrogens is 605 g/mol. The average molecular weight is 670 g/mol. The Bertz CT molecular complexity index is 902. The van der Waals surface area contributed by atoms with Crippen LogP contribution in [0.3, 0.4) is 0 Å². The summed E-state index contributed by atoms with van der Waals surface area (Å²) in [4.78, 5) is 33.6. The van der Waals surface area contributed by atoms with Crippen molar-refractivity contribution in [1.82, 2.24) is 5.32 Å². The van der Waals surface area contributed by atoms with Crippen molar-refractivity contribution in [1.29, 1.82) is 0 Å². The predicted octanol–water partition coefficient (Wildman–Crippen LogP) is 8.82. The number of phosphoric acid groups is 1. The van der Waals surface area contributed by atoms with Crippen molar-refractivity contribution < 1.29 is 37.9 Å². The number of ether oxygens (including phenoxy) is 1. The quantitative estimate of drug-likeness (QED) is 0.0280. The van der Waals surface area contributed by atoms with Crippen LogP contribution in [0.15, 0.2) is 48.6 Å². The molecule has 0 heterocycles. The first-order valence-electron chi connectivity index (χ1n) is 17.6. The molecule has 0 bridgehead atoms. The second kappa shape index (κ2) is 32.9. The number of hydrogen-bond donors (Lipinski definition) is 3. The van der Waals surface area contributed by atoms with Crippen LogP contribution in [0.1, 0.15) is 136 Å². The summed E-state index contributed by atoms with van der Waals surface area (Å²) in [7, 11) is -4.42. The molecule has 0 radical (unpaired) electrons. The van der Waals surface area contributed by atoms with Gasteiger partial charge in [-0.25, -0.2) is 4.57 Å². The number of unbranched alkanes of at least 4 members (excludes halogenated alkanes) is 11. The highest BCUT2D eigenvalue weighted by molar-refractivity contribution is 7.47. The number of nitrogens with one attached hydrogen (secondary N) is 1. The van der Waals surface area contributed by atoms with Gasteiger partial charge in [0.05, 0.1) is 13.2 Å². The number of hydrogen-bond acceptors (Lipinski definition) is 7. The Morgan fingerprint density at radius 1 is 0.696 bits per heavy atom. The molecular formula is C36H64NO8P. The molecule has 9 nitrogen and oxygen atoms in total. The zero-order chi connectivity index (χ0) is 34.0. The van der Waals surface area contributed by atoms with Crippen LogP contribution >= 0.6 is 7.82 Å². The van der Waals surface area contributed by atoms with Gasteiger partial charge in [-0.2, -0.15) is 0 Å². The number of carbonyl (C=O) groups excluding carboxylic acids is 2. The van der Waals surface area contributed by atoms with E-state index >= 15 is 0 Å². The van der Waals surface area contributed by atoms with Crippen molar-refractivity contribution >= 4 is 19.7 Å². The zero-order valence-corrected chi connectivity index (χ0v) is 29.6. The van der Waals surface area contributed by atoms with E-state index in [1.807, 2.05) is 0 Å². The molecule has 0 aliphatic heterocycles. The molecule has 0 aliphatic rings. The van der Waals surface area contributed by atoms with Gasteiger partial charge < -0.3 is 20.1 Å². The van der Waals surface area contributed by atoms with Gasteiger partial charge in [-0.3, -0.25) is 18.6 Å². The third kappa shape index (κ3) is 33.3. The van der Waals surface area contributed by atoms with Crippen LogP contribution in [0.25, 0.3) is 0 Å². The van der Waals surface area contributed by atoms with Gasteiger partial charge in [0.2, 0.25) is 5.91 Å². The van der Waals surface area contributed by atoms with Crippen LogP contribution in [-0.4, -0.2) is 54.3 Å². The number of esters is 1. The van der Waals surface area contributed by atoms with Crippen LogP contribution in [0, 0.1) is 0 Å². The van der Waals surface area contributed by atoms with Gasteiger partial charge in [-0.05, 0) is 70.6 Å². The van der Waals surface area contributed by atoms with Gasteiger partial charge >= 0.3 is 13.8 Å². The van der Waals surface area contributed by atoms with E-state index in [0.29, 0.717) is 6.42 Å². The molecule has 0 fully saturated rings. The molecule has 46 heavy (non-hydrogen) atoms. The lowest BCUT2D eigenvalue weighted by Gasteiger charge is -2.15. The molecule has 0 aromatic heterocycles. The summed E-state index contributed by atoms with van der Waals surface area (Å²) < 4.78 is 26.7. The lowest BCUT2D eigenvalue weighted by molar-refractivity contribution is -0.147. The van der Waals surface area contributed by atoms with Crippen LogP contribution < -0.4 is 5.32 Å². The molecule has 0 aliphatic carbocycles. The minimum atomic E-state index is -4.42. The van der Waals surface area contributed by atoms with Gasteiger partial charge in [0.15, 0.2) is 0 Å². The van der Waals surface area contributed by atoms with E-state index in [4.69, 9.17) is 13.8 Å². The first kappa shape index (κ1) is 44.0. The minimum absolute atomic E-state index is 0.0631. The molecule has 266 valence electrons. The maximum Gasteiger partial charge on any atom is 0.472 e. The number of aliphatic hydroxyl groups excluding tert-OH is 1. The van der Waals surface area contributed by atoms with Gasteiger partial charge in [-0.15, -0.1) is 0 Å². The highest BCUT2D eigenvalue weighted by Crippen LogP contribution is 2.42. The highest BCUT2D eigenvalue weighted by Gasteiger charge is 2.23. The van der Waals surface area contributed by atoms with Crippen LogP contribution in [0.2, 0.25) is 0 Å². The largest absolute Gasteiger partial charge is 0.472 e. The van der Waals surface area contributed by atoms with E-state index < -0.39 is 26.5 Å². The van der Waals surface area contributed by atoms with Crippen LogP contribution in [0.5, 0.6) is 0 Å². The van der Waals surface area contributed by atoms with Crippen molar-refractivity contribution in [3.8, 4) is 0 Å². The van der Waals surface area contributed by atoms with E-state index in [-0.39, 0.29) is 32.1 Å². The summed E-state index contributed by atoms with van der Waals surface area (Å²) >= 11 is 0. The molecule has 2 unspecified atom stereocenters. The van der Waals surface area contributed by atoms with Crippen molar-refractivity contribution in [3.63, 3.8) is 0 Å². The number of carbonyl (C=O) groups is 2. The van der Waals surface area contributed by atoms with Crippen LogP contribution in [0.4, 0.5) is 0 Å². The lowest BCUT2D eigenvalue weighted by atomic mass is 10.1. The number of rotatable bonds is 32. The molecule has 1 amide bonds. The number of aliphatic hydroxyl groups is 1. The Hall–Kier alpha value is -2.03. The second-order valence-electron chi connectivity index (χ2n) is 11.5. The number of amides is 1. The van der Waals surface area contributed by atoms with Gasteiger partial charge in [0.25, 0.3) is 0 Å². The fourth-order valence-corrected chi connectivity index (χ4v) is 5.08. The van der Waals surface area contributed by atoms with E-state index in [1.165, 1.54) is 25.7 Å². The Morgan fingerprint density at radius 3 is 1.91 bits per heavy atom. The Labute approximate surface area is 279 Å². The standard InChI is InChI=1S/C36H64NO8P/c1-3-5-7-9-11-13-15-17-18-20-22-24-26-28-35(39)37-30-31-44-46(41,42)45-33-34(38)32-43-36(40)29-27-25-23-21-19-16-14-12-10-8-6-4-2/h5,7,11-14,17-18,34,38H,3-4,6,8-10,15-16,19-33H2,1-2H3,(H,37,39)(H,41,42)/b7-5-,13-11-,14-12-,18-17-. The molecule has 2 atom stereocenters. The monoisotopic (exact) mass is 669 g/mol. The maximum absolute atomic E-state index is 12.0. The predicted molar refractivity (Wildman–Crippen MR) is 187 cm³/mol. The zero-order valence-electron chi connectivity index (χ0n) is 28.8. The SMILES string of the molecule is CC/C=C\C/C=C\C/C=C\CCCCCC(=O)NCCOP(=O)(O)OCC(O)COC(=O)CCCCCCC/C=C\CCCCC. The third-order valence-electron chi connectivity index (χ3n) is 6.99. The average Bonchev–Trinajstić information content (AvgIpc) is 3.04. The fourth-order valence-electron chi connectivity index (χ4n) is 4.33. The molecule has 10 heteroatoms. The lowest BCUT2D eigenvalue weighted by Crippen LogP contribution is -2.27. The Balaban J connectivity index is 3.71. The number of phosphoric ester groups is 1. The Kier molecular flexibility index (Phi) is 31.4. The summed E-state index contributed by atoms with van der Waals surface area (Å²) in [5, 5.41) is 12.6. The molecule has 0 spiro atoms. The summed E-state index contributed by atoms with van der Waals surface area (Å²) in [5.74, 6) is -0.562. The van der Waals surface area contributed by atoms with Gasteiger partial charge in [0.1, 0.15) is 12.7 Å². The Morgan fingerprint density at radius 2 is 1.24 bits per heavy atom. The van der Waals surface area contributed by atoms with E-state index in [1.54, 1.807) is 0 Å². The summed E-state index contributed by atoms with van der Waals surface area (Å²) in [6, 6.07) is 0. The molecule has 0 saturated carbocycles. The molecule has 0 saturated heterocycles. The summed E-state index contributed by atoms with van der Waals surface area (Å²) in [5.41, 5.74) is 0. The molecule has 0 aromatic rings. The summed E-state index contributed by atoms with van der Waals surface area (Å²) in [6.45, 7) is 3.33. The smallest absolute Gasteiger partial charge is 0.463 e. The van der Waals surface area contributed by atoms with Crippen molar-refractivity contribution in [2.75, 3.05) is 26.4 Å². The maximum atomic E-state index is 12.0. The highest BCUT2D eigenvalue weighted by atomic mass is 31.2. The van der Waals surface area contributed by atoms with Crippen molar-refractivity contribution in [2.24, 2.45) is 0 Å². The molecule has 3 N–H and O–H groups in total. The second-order valence-corrected chi connectivity index (χ2v) is 12.9. The van der Waals surface area contributed by atoms with Gasteiger partial charge in [0, 0.05) is 19.4 Å². The topological polar surface area (TPSA) is 131 Å². The summed E-state index contributed by atoms with van der Waals surface area (Å²) in [6.07, 6.45) is 34.7. The first-order valence-corrected chi connectivity index (χ1v) is 19.1. The molecule has 0 aromatic carbocycles. The van der Waals surface area contributed by atoms with E-state index in [0.717, 1.165) is 83.5 Å². The van der Waals surface area contributed by atoms with Gasteiger partial charge in [-0.1, -0.05) is 101 Å². The number of allylic oxidation sites excluding steroid dienone is 8.